The van der Waals surface area contributed by atoms with Gasteiger partial charge in [-0.2, -0.15) is 0 Å². The molecule has 1 saturated heterocycles. The number of para-hydroxylation sites is 2. The lowest BCUT2D eigenvalue weighted by molar-refractivity contribution is 0.201. The maximum absolute atomic E-state index is 11.4. The number of benzene rings is 2. The molecule has 7 heteroatoms. The van der Waals surface area contributed by atoms with Crippen LogP contribution in [0.1, 0.15) is 12.5 Å². The van der Waals surface area contributed by atoms with E-state index in [9.17, 15) is 4.79 Å². The van der Waals surface area contributed by atoms with Crippen LogP contribution in [-0.4, -0.2) is 64.5 Å². The number of anilines is 1. The average molecular weight is 414 g/mol. The van der Waals surface area contributed by atoms with E-state index in [1.165, 1.54) is 12.7 Å². The van der Waals surface area contributed by atoms with E-state index in [0.717, 1.165) is 50.5 Å². The second-order valence-corrected chi connectivity index (χ2v) is 7.10. The van der Waals surface area contributed by atoms with E-state index in [4.69, 9.17) is 14.2 Å². The Kier molecular flexibility index (Phi) is 7.79. The van der Waals surface area contributed by atoms with Gasteiger partial charge in [-0.15, -0.1) is 0 Å². The van der Waals surface area contributed by atoms with Crippen molar-refractivity contribution in [2.75, 3.05) is 58.4 Å². The molecule has 1 amide bonds. The van der Waals surface area contributed by atoms with E-state index in [1.54, 1.807) is 13.2 Å². The zero-order valence-electron chi connectivity index (χ0n) is 18.0. The second-order valence-electron chi connectivity index (χ2n) is 7.10. The smallest absolute Gasteiger partial charge is 0.412 e. The van der Waals surface area contributed by atoms with Crippen molar-refractivity contribution in [3.63, 3.8) is 0 Å². The molecule has 0 bridgehead atoms. The number of carbonyl (C=O) groups is 1. The number of rotatable bonds is 8. The van der Waals surface area contributed by atoms with Crippen LogP contribution in [0.5, 0.6) is 17.2 Å². The molecule has 1 fully saturated rings. The highest BCUT2D eigenvalue weighted by molar-refractivity contribution is 5.71. The van der Waals surface area contributed by atoms with Gasteiger partial charge < -0.3 is 24.4 Å². The first kappa shape index (κ1) is 21.8. The molecule has 0 unspecified atom stereocenters. The molecule has 2 aromatic carbocycles. The largest absolute Gasteiger partial charge is 0.493 e. The van der Waals surface area contributed by atoms with Gasteiger partial charge in [0, 0.05) is 39.8 Å². The van der Waals surface area contributed by atoms with Gasteiger partial charge in [0.2, 0.25) is 0 Å². The van der Waals surface area contributed by atoms with Crippen LogP contribution in [0.3, 0.4) is 0 Å². The summed E-state index contributed by atoms with van der Waals surface area (Å²) < 4.78 is 16.4. The van der Waals surface area contributed by atoms with Crippen LogP contribution < -0.4 is 24.4 Å². The van der Waals surface area contributed by atoms with Crippen LogP contribution in [0, 0.1) is 0 Å². The first-order valence-electron chi connectivity index (χ1n) is 10.4. The predicted octanol–water partition coefficient (Wildman–Crippen LogP) is 3.18. The van der Waals surface area contributed by atoms with Crippen molar-refractivity contribution in [1.29, 1.82) is 0 Å². The van der Waals surface area contributed by atoms with Gasteiger partial charge in [0.05, 0.1) is 19.4 Å². The van der Waals surface area contributed by atoms with Gasteiger partial charge in [-0.25, -0.2) is 4.79 Å². The van der Waals surface area contributed by atoms with Crippen LogP contribution in [0.4, 0.5) is 10.5 Å². The number of ether oxygens (including phenoxy) is 3. The highest BCUT2D eigenvalue weighted by Crippen LogP contribution is 2.30. The van der Waals surface area contributed by atoms with E-state index in [0.29, 0.717) is 18.1 Å². The molecule has 1 aliphatic rings. The normalized spacial score (nSPS) is 14.3. The summed E-state index contributed by atoms with van der Waals surface area (Å²) in [6.07, 6.45) is 0.399. The highest BCUT2D eigenvalue weighted by atomic mass is 16.6. The molecular weight excluding hydrogens is 382 g/mol. The van der Waals surface area contributed by atoms with Crippen molar-refractivity contribution in [3.05, 3.63) is 48.0 Å². The van der Waals surface area contributed by atoms with Crippen LogP contribution in [0.25, 0.3) is 0 Å². The third-order valence-corrected chi connectivity index (χ3v) is 5.23. The lowest BCUT2D eigenvalue weighted by Gasteiger charge is -2.36. The fourth-order valence-corrected chi connectivity index (χ4v) is 3.60. The van der Waals surface area contributed by atoms with Crippen molar-refractivity contribution in [3.8, 4) is 17.2 Å². The molecule has 0 radical (unpaired) electrons. The van der Waals surface area contributed by atoms with Crippen LogP contribution in [0.2, 0.25) is 0 Å². The molecule has 2 aromatic rings. The minimum absolute atomic E-state index is 0.419. The highest BCUT2D eigenvalue weighted by Gasteiger charge is 2.19. The van der Waals surface area contributed by atoms with E-state index in [2.05, 4.69) is 27.2 Å². The zero-order valence-corrected chi connectivity index (χ0v) is 18.0. The molecule has 7 nitrogen and oxygen atoms in total. The number of carbonyl (C=O) groups excluding carboxylic acids is 1. The SMILES string of the molecule is CCOc1ccccc1N1CCN(CCc2ccc(OC(=O)NC)c(OC)c2)CC1. The van der Waals surface area contributed by atoms with E-state index in [1.807, 2.05) is 31.2 Å². The van der Waals surface area contributed by atoms with Gasteiger partial charge in [-0.05, 0) is 43.2 Å². The Hall–Kier alpha value is -2.93. The third-order valence-electron chi connectivity index (χ3n) is 5.23. The van der Waals surface area contributed by atoms with Gasteiger partial charge in [0.25, 0.3) is 0 Å². The topological polar surface area (TPSA) is 63.3 Å². The van der Waals surface area contributed by atoms with Crippen molar-refractivity contribution < 1.29 is 19.0 Å². The maximum atomic E-state index is 11.4. The molecule has 162 valence electrons. The fourth-order valence-electron chi connectivity index (χ4n) is 3.60. The first-order valence-corrected chi connectivity index (χ1v) is 10.4. The summed E-state index contributed by atoms with van der Waals surface area (Å²) in [7, 11) is 3.10. The minimum atomic E-state index is -0.509. The van der Waals surface area contributed by atoms with Gasteiger partial charge in [0.15, 0.2) is 11.5 Å². The quantitative estimate of drug-likeness (QED) is 0.717. The molecule has 1 aliphatic heterocycles. The number of nitrogens with zero attached hydrogens (tertiary/aromatic N) is 2. The summed E-state index contributed by atoms with van der Waals surface area (Å²) >= 11 is 0. The number of methoxy groups -OCH3 is 1. The Morgan fingerprint density at radius 3 is 2.50 bits per heavy atom. The molecule has 0 atom stereocenters. The second kappa shape index (κ2) is 10.7. The number of hydrogen-bond acceptors (Lipinski definition) is 6. The maximum Gasteiger partial charge on any atom is 0.412 e. The Balaban J connectivity index is 1.53. The Bertz CT molecular complexity index is 835. The van der Waals surface area contributed by atoms with Gasteiger partial charge in [0.1, 0.15) is 5.75 Å². The molecule has 0 aliphatic carbocycles. The molecule has 0 spiro atoms. The van der Waals surface area contributed by atoms with Crippen molar-refractivity contribution in [1.82, 2.24) is 10.2 Å². The van der Waals surface area contributed by atoms with Crippen molar-refractivity contribution in [2.45, 2.75) is 13.3 Å². The molecule has 0 aromatic heterocycles. The summed E-state index contributed by atoms with van der Waals surface area (Å²) in [6.45, 7) is 7.64. The van der Waals surface area contributed by atoms with Crippen LogP contribution >= 0.6 is 0 Å². The van der Waals surface area contributed by atoms with E-state index >= 15 is 0 Å². The standard InChI is InChI=1S/C23H31N3O4/c1-4-29-20-8-6-5-7-19(20)26-15-13-25(14-16-26)12-11-18-9-10-21(22(17-18)28-3)30-23(27)24-2/h5-10,17H,4,11-16H2,1-3H3,(H,24,27). The molecule has 1 N–H and O–H groups in total. The Morgan fingerprint density at radius 1 is 1.03 bits per heavy atom. The minimum Gasteiger partial charge on any atom is -0.493 e. The van der Waals surface area contributed by atoms with E-state index in [-0.39, 0.29) is 0 Å². The monoisotopic (exact) mass is 413 g/mol. The van der Waals surface area contributed by atoms with Gasteiger partial charge in [-0.1, -0.05) is 18.2 Å². The predicted molar refractivity (Wildman–Crippen MR) is 118 cm³/mol. The van der Waals surface area contributed by atoms with Gasteiger partial charge >= 0.3 is 6.09 Å². The molecule has 1 heterocycles. The van der Waals surface area contributed by atoms with Gasteiger partial charge in [-0.3, -0.25) is 4.90 Å². The number of nitrogens with one attached hydrogen (secondary N) is 1. The fraction of sp³-hybridized carbons (Fsp3) is 0.435. The number of hydrogen-bond donors (Lipinski definition) is 1. The van der Waals surface area contributed by atoms with E-state index < -0.39 is 6.09 Å². The summed E-state index contributed by atoms with van der Waals surface area (Å²) in [5.41, 5.74) is 2.33. The Labute approximate surface area is 178 Å². The van der Waals surface area contributed by atoms with Crippen LogP contribution in [-0.2, 0) is 6.42 Å². The summed E-state index contributed by atoms with van der Waals surface area (Å²) in [5.74, 6) is 1.94. The molecule has 3 rings (SSSR count). The molecule has 0 saturated carbocycles. The average Bonchev–Trinajstić information content (AvgIpc) is 2.79. The van der Waals surface area contributed by atoms with Crippen molar-refractivity contribution in [2.24, 2.45) is 0 Å². The molecular formula is C23H31N3O4. The third kappa shape index (κ3) is 5.57. The summed E-state index contributed by atoms with van der Waals surface area (Å²) in [5, 5.41) is 2.44. The lowest BCUT2D eigenvalue weighted by Crippen LogP contribution is -2.47. The summed E-state index contributed by atoms with van der Waals surface area (Å²) in [4.78, 5) is 16.3. The number of piperazine rings is 1. The first-order chi connectivity index (χ1) is 14.6. The summed E-state index contributed by atoms with van der Waals surface area (Å²) in [6, 6.07) is 14.0. The number of amides is 1. The molecule has 30 heavy (non-hydrogen) atoms. The van der Waals surface area contributed by atoms with Crippen molar-refractivity contribution >= 4 is 11.8 Å². The van der Waals surface area contributed by atoms with Crippen LogP contribution in [0.15, 0.2) is 42.5 Å². The Morgan fingerprint density at radius 2 is 1.80 bits per heavy atom. The lowest BCUT2D eigenvalue weighted by atomic mass is 10.1. The zero-order chi connectivity index (χ0) is 21.3.